The minimum absolute atomic E-state index is 0.0318. The summed E-state index contributed by atoms with van der Waals surface area (Å²) in [6.45, 7) is 2.00. The van der Waals surface area contributed by atoms with Crippen LogP contribution >= 0.6 is 11.8 Å². The molecule has 2 aromatic heterocycles. The number of thioether (sulfide) groups is 1. The highest BCUT2D eigenvalue weighted by Gasteiger charge is 2.46. The van der Waals surface area contributed by atoms with E-state index in [0.29, 0.717) is 16.2 Å². The topological polar surface area (TPSA) is 84.8 Å². The molecule has 2 aliphatic heterocycles. The molecule has 5 rings (SSSR count). The lowest BCUT2D eigenvalue weighted by molar-refractivity contribution is 0.524. The maximum Gasteiger partial charge on any atom is 0.278 e. The second-order valence-electron chi connectivity index (χ2n) is 6.27. The summed E-state index contributed by atoms with van der Waals surface area (Å²) in [6.07, 6.45) is 0. The number of nitrogens with one attached hydrogen (secondary N) is 1. The van der Waals surface area contributed by atoms with Gasteiger partial charge in [0, 0.05) is 16.2 Å². The van der Waals surface area contributed by atoms with Gasteiger partial charge >= 0.3 is 0 Å². The average molecular weight is 347 g/mol. The lowest BCUT2D eigenvalue weighted by Crippen LogP contribution is -2.27. The summed E-state index contributed by atoms with van der Waals surface area (Å²) in [4.78, 5) is 20.7. The normalized spacial score (nSPS) is 25.1. The second kappa shape index (κ2) is 4.18. The predicted molar refractivity (Wildman–Crippen MR) is 89.9 cm³/mol. The molecule has 2 aliphatic rings. The third-order valence-corrected chi connectivity index (χ3v) is 7.84. The average Bonchev–Trinajstić information content (AvgIpc) is 3.07. The van der Waals surface area contributed by atoms with E-state index in [-0.39, 0.29) is 28.4 Å². The van der Waals surface area contributed by atoms with Crippen molar-refractivity contribution in [2.45, 2.75) is 23.4 Å². The Morgan fingerprint density at radius 3 is 3.00 bits per heavy atom. The summed E-state index contributed by atoms with van der Waals surface area (Å²) in [5.74, 6) is 0.156. The summed E-state index contributed by atoms with van der Waals surface area (Å²) < 4.78 is 25.3. The Hall–Kier alpha value is -1.80. The Morgan fingerprint density at radius 2 is 2.17 bits per heavy atom. The molecule has 2 atom stereocenters. The van der Waals surface area contributed by atoms with Crippen molar-refractivity contribution in [3.8, 4) is 0 Å². The first-order valence-corrected chi connectivity index (χ1v) is 10.0. The summed E-state index contributed by atoms with van der Waals surface area (Å²) >= 11 is 1.41. The number of nitrogens with zero attached hydrogens (tertiary/aromatic N) is 2. The Bertz CT molecular complexity index is 1160. The van der Waals surface area contributed by atoms with E-state index in [9.17, 15) is 13.2 Å². The van der Waals surface area contributed by atoms with Gasteiger partial charge in [0.05, 0.1) is 17.5 Å². The van der Waals surface area contributed by atoms with Crippen LogP contribution in [-0.4, -0.2) is 39.7 Å². The van der Waals surface area contributed by atoms with Gasteiger partial charge in [0.15, 0.2) is 15.0 Å². The van der Waals surface area contributed by atoms with Gasteiger partial charge < -0.3 is 4.98 Å². The van der Waals surface area contributed by atoms with E-state index in [2.05, 4.69) is 9.97 Å². The van der Waals surface area contributed by atoms with Crippen LogP contribution in [0.4, 0.5) is 0 Å². The molecule has 8 heteroatoms. The Morgan fingerprint density at radius 1 is 1.35 bits per heavy atom. The van der Waals surface area contributed by atoms with Crippen LogP contribution in [0.2, 0.25) is 0 Å². The number of sulfone groups is 1. The molecule has 118 valence electrons. The summed E-state index contributed by atoms with van der Waals surface area (Å²) in [5.41, 5.74) is 2.95. The molecule has 0 unspecified atom stereocenters. The minimum Gasteiger partial charge on any atom is -0.349 e. The molecular weight excluding hydrogens is 334 g/mol. The number of H-pyrrole nitrogens is 1. The van der Waals surface area contributed by atoms with Crippen molar-refractivity contribution in [1.82, 2.24) is 14.5 Å². The fourth-order valence-electron chi connectivity index (χ4n) is 3.58. The zero-order chi connectivity index (χ0) is 15.9. The molecule has 1 N–H and O–H groups in total. The standard InChI is InChI=1S/C15H13N3O3S2/c1-7-2-3-9-8(4-7)12-13(16-9)14(19)18-10-5-23(20,21)6-11(10)22-15(18)17-12/h2-4,10-11,16H,5-6H2,1H3/t10-,11-/m1/s1. The van der Waals surface area contributed by atoms with Crippen molar-refractivity contribution in [3.05, 3.63) is 34.1 Å². The molecule has 4 heterocycles. The van der Waals surface area contributed by atoms with Gasteiger partial charge in [-0.1, -0.05) is 23.4 Å². The monoisotopic (exact) mass is 347 g/mol. The molecule has 0 aliphatic carbocycles. The highest BCUT2D eigenvalue weighted by atomic mass is 32.2. The fraction of sp³-hybridized carbons (Fsp3) is 0.333. The quantitative estimate of drug-likeness (QED) is 0.625. The van der Waals surface area contributed by atoms with Gasteiger partial charge in [-0.15, -0.1) is 0 Å². The second-order valence-corrected chi connectivity index (χ2v) is 9.63. The molecule has 0 spiro atoms. The first-order valence-electron chi connectivity index (χ1n) is 7.35. The van der Waals surface area contributed by atoms with Crippen LogP contribution in [0.1, 0.15) is 11.6 Å². The molecule has 1 fully saturated rings. The van der Waals surface area contributed by atoms with Crippen LogP contribution in [0, 0.1) is 6.92 Å². The van der Waals surface area contributed by atoms with E-state index < -0.39 is 9.84 Å². The van der Waals surface area contributed by atoms with Gasteiger partial charge in [0.1, 0.15) is 11.0 Å². The first-order chi connectivity index (χ1) is 10.9. The Labute approximate surface area is 135 Å². The van der Waals surface area contributed by atoms with E-state index in [1.54, 1.807) is 4.57 Å². The number of hydrogen-bond acceptors (Lipinski definition) is 5. The van der Waals surface area contributed by atoms with Gasteiger partial charge in [0.2, 0.25) is 0 Å². The lowest BCUT2D eigenvalue weighted by atomic mass is 10.1. The Balaban J connectivity index is 1.84. The van der Waals surface area contributed by atoms with Crippen LogP contribution in [0.5, 0.6) is 0 Å². The van der Waals surface area contributed by atoms with E-state index in [1.807, 2.05) is 25.1 Å². The van der Waals surface area contributed by atoms with Gasteiger partial charge in [-0.25, -0.2) is 13.4 Å². The summed E-state index contributed by atoms with van der Waals surface area (Å²) in [6, 6.07) is 5.65. The molecule has 23 heavy (non-hydrogen) atoms. The van der Waals surface area contributed by atoms with Crippen molar-refractivity contribution in [2.24, 2.45) is 0 Å². The number of aryl methyl sites for hydroxylation is 1. The van der Waals surface area contributed by atoms with Crippen LogP contribution in [0.25, 0.3) is 21.9 Å². The lowest BCUT2D eigenvalue weighted by Gasteiger charge is -2.09. The van der Waals surface area contributed by atoms with Crippen LogP contribution in [0.3, 0.4) is 0 Å². The summed E-state index contributed by atoms with van der Waals surface area (Å²) in [5, 5.41) is 1.47. The van der Waals surface area contributed by atoms with E-state index >= 15 is 0 Å². The molecule has 0 bridgehead atoms. The number of aromatic nitrogens is 3. The number of benzene rings is 1. The maximum absolute atomic E-state index is 12.9. The van der Waals surface area contributed by atoms with Crippen LogP contribution in [0.15, 0.2) is 28.2 Å². The van der Waals surface area contributed by atoms with Gasteiger partial charge in [-0.3, -0.25) is 9.36 Å². The molecule has 1 saturated heterocycles. The molecule has 0 saturated carbocycles. The predicted octanol–water partition coefficient (Wildman–Crippen LogP) is 1.63. The van der Waals surface area contributed by atoms with Crippen LogP contribution < -0.4 is 5.56 Å². The maximum atomic E-state index is 12.9. The van der Waals surface area contributed by atoms with E-state index in [1.165, 1.54) is 11.8 Å². The fourth-order valence-corrected chi connectivity index (χ4v) is 7.48. The SMILES string of the molecule is Cc1ccc2[nH]c3c(=O)n4c(nc3c2c1)S[C@@H]1CS(=O)(=O)C[C@H]14. The molecular formula is C15H13N3O3S2. The molecule has 0 amide bonds. The van der Waals surface area contributed by atoms with E-state index in [4.69, 9.17) is 0 Å². The first kappa shape index (κ1) is 13.6. The van der Waals surface area contributed by atoms with Crippen LogP contribution in [-0.2, 0) is 9.84 Å². The molecule has 0 radical (unpaired) electrons. The van der Waals surface area contributed by atoms with Gasteiger partial charge in [0.25, 0.3) is 5.56 Å². The zero-order valence-corrected chi connectivity index (χ0v) is 13.9. The van der Waals surface area contributed by atoms with Crippen molar-refractivity contribution in [3.63, 3.8) is 0 Å². The van der Waals surface area contributed by atoms with Gasteiger partial charge in [-0.05, 0) is 19.1 Å². The minimum atomic E-state index is -3.07. The van der Waals surface area contributed by atoms with Crippen molar-refractivity contribution >= 4 is 43.5 Å². The third-order valence-electron chi connectivity index (χ3n) is 4.63. The van der Waals surface area contributed by atoms with Crippen molar-refractivity contribution < 1.29 is 8.42 Å². The molecule has 6 nitrogen and oxygen atoms in total. The highest BCUT2D eigenvalue weighted by Crippen LogP contribution is 2.44. The largest absolute Gasteiger partial charge is 0.349 e. The molecule has 1 aromatic carbocycles. The molecule has 3 aromatic rings. The number of fused-ring (bicyclic) bond motifs is 6. The highest BCUT2D eigenvalue weighted by molar-refractivity contribution is 8.02. The van der Waals surface area contributed by atoms with Crippen molar-refractivity contribution in [2.75, 3.05) is 11.5 Å². The number of hydrogen-bond donors (Lipinski definition) is 1. The van der Waals surface area contributed by atoms with Crippen molar-refractivity contribution in [1.29, 1.82) is 0 Å². The third kappa shape index (κ3) is 1.79. The van der Waals surface area contributed by atoms with E-state index in [0.717, 1.165) is 16.5 Å². The number of rotatable bonds is 0. The Kier molecular flexibility index (Phi) is 2.48. The van der Waals surface area contributed by atoms with Gasteiger partial charge in [-0.2, -0.15) is 0 Å². The zero-order valence-electron chi connectivity index (χ0n) is 12.2. The summed E-state index contributed by atoms with van der Waals surface area (Å²) in [7, 11) is -3.07. The smallest absolute Gasteiger partial charge is 0.278 e. The number of aromatic amines is 1.